The first-order chi connectivity index (χ1) is 16.5. The Labute approximate surface area is 206 Å². The fraction of sp³-hybridized carbons (Fsp3) is 0.290. The van der Waals surface area contributed by atoms with E-state index in [0.717, 1.165) is 58.9 Å². The molecular formula is C31H31ClF2. The number of rotatable bonds is 10. The van der Waals surface area contributed by atoms with Gasteiger partial charge in [-0.15, -0.1) is 0 Å². The summed E-state index contributed by atoms with van der Waals surface area (Å²) in [7, 11) is 0. The van der Waals surface area contributed by atoms with Gasteiger partial charge in [0.05, 0.1) is 0 Å². The van der Waals surface area contributed by atoms with Crippen LogP contribution in [0.4, 0.5) is 8.78 Å². The van der Waals surface area contributed by atoms with Crippen LogP contribution in [0.15, 0.2) is 72.8 Å². The third kappa shape index (κ3) is 6.24. The summed E-state index contributed by atoms with van der Waals surface area (Å²) in [5, 5.41) is 2.23. The Morgan fingerprint density at radius 3 is 2.03 bits per heavy atom. The van der Waals surface area contributed by atoms with E-state index in [4.69, 9.17) is 11.6 Å². The summed E-state index contributed by atoms with van der Waals surface area (Å²) in [4.78, 5) is 0. The van der Waals surface area contributed by atoms with E-state index in [2.05, 4.69) is 13.0 Å². The number of hydrogen-bond donors (Lipinski definition) is 0. The molecule has 0 fully saturated rings. The Morgan fingerprint density at radius 1 is 0.618 bits per heavy atom. The summed E-state index contributed by atoms with van der Waals surface area (Å²) in [5.41, 5.74) is 4.76. The topological polar surface area (TPSA) is 0 Å². The van der Waals surface area contributed by atoms with Crippen molar-refractivity contribution >= 4 is 22.4 Å². The number of halogens is 3. The molecule has 0 aliphatic carbocycles. The summed E-state index contributed by atoms with van der Waals surface area (Å²) in [6, 6.07) is 23.1. The van der Waals surface area contributed by atoms with Crippen LogP contribution in [0.1, 0.15) is 54.0 Å². The van der Waals surface area contributed by atoms with Crippen molar-refractivity contribution < 1.29 is 8.78 Å². The van der Waals surface area contributed by atoms with Crippen molar-refractivity contribution in [3.8, 4) is 0 Å². The van der Waals surface area contributed by atoms with Crippen molar-refractivity contribution in [3.63, 3.8) is 0 Å². The third-order valence-corrected chi connectivity index (χ3v) is 6.82. The summed E-state index contributed by atoms with van der Waals surface area (Å²) < 4.78 is 29.7. The van der Waals surface area contributed by atoms with Crippen LogP contribution in [0.25, 0.3) is 10.8 Å². The molecule has 0 radical (unpaired) electrons. The Balaban J connectivity index is 1.40. The lowest BCUT2D eigenvalue weighted by molar-refractivity contribution is 0.604. The van der Waals surface area contributed by atoms with Gasteiger partial charge in [0.15, 0.2) is 0 Å². The van der Waals surface area contributed by atoms with E-state index in [1.165, 1.54) is 12.8 Å². The van der Waals surface area contributed by atoms with Crippen LogP contribution < -0.4 is 0 Å². The Morgan fingerprint density at radius 2 is 1.26 bits per heavy atom. The average molecular weight is 477 g/mol. The minimum Gasteiger partial charge on any atom is -0.207 e. The molecule has 0 nitrogen and oxygen atoms in total. The molecule has 0 aromatic heterocycles. The molecule has 4 aromatic carbocycles. The summed E-state index contributed by atoms with van der Waals surface area (Å²) >= 11 is 5.95. The Bertz CT molecular complexity index is 1240. The van der Waals surface area contributed by atoms with E-state index in [1.807, 2.05) is 60.7 Å². The van der Waals surface area contributed by atoms with Gasteiger partial charge in [-0.05, 0) is 89.9 Å². The van der Waals surface area contributed by atoms with Gasteiger partial charge in [0.25, 0.3) is 0 Å². The lowest BCUT2D eigenvalue weighted by Crippen LogP contribution is -1.98. The maximum Gasteiger partial charge on any atom is 0.134 e. The van der Waals surface area contributed by atoms with E-state index in [1.54, 1.807) is 6.07 Å². The normalized spacial score (nSPS) is 11.3. The SMILES string of the molecule is CCCCCc1ccc(CCc2ccc3c(F)c(CCc4ccc(Cl)cc4)ccc3c2)c(F)c1. The largest absolute Gasteiger partial charge is 0.207 e. The second-order valence-corrected chi connectivity index (χ2v) is 9.54. The maximum atomic E-state index is 15.1. The fourth-order valence-electron chi connectivity index (χ4n) is 4.47. The smallest absolute Gasteiger partial charge is 0.134 e. The number of benzene rings is 4. The van der Waals surface area contributed by atoms with Crippen LogP contribution in [0.5, 0.6) is 0 Å². The minimum absolute atomic E-state index is 0.119. The van der Waals surface area contributed by atoms with Crippen molar-refractivity contribution in [1.29, 1.82) is 0 Å². The first-order valence-electron chi connectivity index (χ1n) is 12.2. The minimum atomic E-state index is -0.150. The zero-order valence-corrected chi connectivity index (χ0v) is 20.5. The molecule has 3 heteroatoms. The number of fused-ring (bicyclic) bond motifs is 1. The van der Waals surface area contributed by atoms with Crippen LogP contribution >= 0.6 is 11.6 Å². The molecule has 0 bridgehead atoms. The Hall–Kier alpha value is -2.71. The van der Waals surface area contributed by atoms with E-state index in [0.29, 0.717) is 23.3 Å². The highest BCUT2D eigenvalue weighted by molar-refractivity contribution is 6.30. The van der Waals surface area contributed by atoms with E-state index in [9.17, 15) is 4.39 Å². The number of hydrogen-bond acceptors (Lipinski definition) is 0. The van der Waals surface area contributed by atoms with Crippen LogP contribution in [0, 0.1) is 11.6 Å². The maximum absolute atomic E-state index is 15.1. The number of aryl methyl sites for hydroxylation is 5. The van der Waals surface area contributed by atoms with Crippen LogP contribution in [-0.4, -0.2) is 0 Å². The Kier molecular flexibility index (Phi) is 8.34. The summed E-state index contributed by atoms with van der Waals surface area (Å²) in [5.74, 6) is -0.270. The van der Waals surface area contributed by atoms with Crippen molar-refractivity contribution in [3.05, 3.63) is 117 Å². The van der Waals surface area contributed by atoms with Crippen molar-refractivity contribution in [2.45, 2.75) is 58.3 Å². The van der Waals surface area contributed by atoms with Gasteiger partial charge in [-0.1, -0.05) is 86.0 Å². The van der Waals surface area contributed by atoms with Gasteiger partial charge in [-0.25, -0.2) is 8.78 Å². The average Bonchev–Trinajstić information content (AvgIpc) is 2.84. The molecule has 176 valence electrons. The molecule has 4 rings (SSSR count). The third-order valence-electron chi connectivity index (χ3n) is 6.56. The highest BCUT2D eigenvalue weighted by atomic mass is 35.5. The molecule has 0 aliphatic heterocycles. The van der Waals surface area contributed by atoms with Gasteiger partial charge in [0, 0.05) is 10.4 Å². The van der Waals surface area contributed by atoms with Crippen LogP contribution in [0.2, 0.25) is 5.02 Å². The standard InChI is InChI=1S/C31H31ClF2/c1-2-3-4-5-23-7-12-25(30(33)21-23)13-8-24-11-19-29-27(20-24)16-15-26(31(29)34)14-6-22-9-17-28(32)18-10-22/h7,9-12,15-21H,2-6,8,13-14H2,1H3. The first-order valence-corrected chi connectivity index (χ1v) is 12.6. The lowest BCUT2D eigenvalue weighted by atomic mass is 9.97. The predicted octanol–water partition coefficient (Wildman–Crippen LogP) is 9.07. The quantitative estimate of drug-likeness (QED) is 0.200. The fourth-order valence-corrected chi connectivity index (χ4v) is 4.60. The highest BCUT2D eigenvalue weighted by Gasteiger charge is 2.10. The van der Waals surface area contributed by atoms with Crippen molar-refractivity contribution in [2.24, 2.45) is 0 Å². The molecule has 0 aliphatic rings. The molecule has 0 atom stereocenters. The number of unbranched alkanes of at least 4 members (excludes halogenated alkanes) is 2. The molecule has 0 saturated carbocycles. The van der Waals surface area contributed by atoms with Gasteiger partial charge in [-0.2, -0.15) is 0 Å². The monoisotopic (exact) mass is 476 g/mol. The van der Waals surface area contributed by atoms with Crippen LogP contribution in [0.3, 0.4) is 0 Å². The van der Waals surface area contributed by atoms with Gasteiger partial charge < -0.3 is 0 Å². The highest BCUT2D eigenvalue weighted by Crippen LogP contribution is 2.25. The predicted molar refractivity (Wildman–Crippen MR) is 140 cm³/mol. The van der Waals surface area contributed by atoms with Gasteiger partial charge in [0.2, 0.25) is 0 Å². The van der Waals surface area contributed by atoms with E-state index < -0.39 is 0 Å². The second-order valence-electron chi connectivity index (χ2n) is 9.10. The zero-order chi connectivity index (χ0) is 23.9. The van der Waals surface area contributed by atoms with Crippen LogP contribution in [-0.2, 0) is 32.1 Å². The van der Waals surface area contributed by atoms with E-state index in [-0.39, 0.29) is 11.6 Å². The summed E-state index contributed by atoms with van der Waals surface area (Å²) in [6.45, 7) is 2.17. The molecule has 0 heterocycles. The molecule has 0 saturated heterocycles. The summed E-state index contributed by atoms with van der Waals surface area (Å²) in [6.07, 6.45) is 7.14. The zero-order valence-electron chi connectivity index (χ0n) is 19.7. The molecule has 0 unspecified atom stereocenters. The van der Waals surface area contributed by atoms with Gasteiger partial charge in [-0.3, -0.25) is 0 Å². The van der Waals surface area contributed by atoms with Gasteiger partial charge >= 0.3 is 0 Å². The molecule has 34 heavy (non-hydrogen) atoms. The van der Waals surface area contributed by atoms with Crippen molar-refractivity contribution in [2.75, 3.05) is 0 Å². The molecule has 0 amide bonds. The molecule has 0 N–H and O–H groups in total. The van der Waals surface area contributed by atoms with Crippen molar-refractivity contribution in [1.82, 2.24) is 0 Å². The van der Waals surface area contributed by atoms with Gasteiger partial charge in [0.1, 0.15) is 11.6 Å². The molecule has 0 spiro atoms. The lowest BCUT2D eigenvalue weighted by Gasteiger charge is -2.10. The molecule has 4 aromatic rings. The molecular weight excluding hydrogens is 446 g/mol. The van der Waals surface area contributed by atoms with E-state index >= 15 is 4.39 Å². The second kappa shape index (κ2) is 11.6. The first kappa shape index (κ1) is 24.4.